The zero-order valence-corrected chi connectivity index (χ0v) is 15.3. The third kappa shape index (κ3) is 3.30. The van der Waals surface area contributed by atoms with Crippen LogP contribution in [0.2, 0.25) is 0 Å². The van der Waals surface area contributed by atoms with Crippen molar-refractivity contribution in [3.63, 3.8) is 0 Å². The largest absolute Gasteiger partial charge is 0.384 e. The first-order valence-electron chi connectivity index (χ1n) is 7.87. The van der Waals surface area contributed by atoms with E-state index in [0.29, 0.717) is 18.5 Å². The summed E-state index contributed by atoms with van der Waals surface area (Å²) in [4.78, 5) is 2.26. The summed E-state index contributed by atoms with van der Waals surface area (Å²) in [6.45, 7) is 3.51. The van der Waals surface area contributed by atoms with E-state index >= 15 is 0 Å². The number of nitrogens with zero attached hydrogens (tertiary/aromatic N) is 1. The minimum atomic E-state index is -1.03. The van der Waals surface area contributed by atoms with Gasteiger partial charge in [-0.25, -0.2) is 4.39 Å². The normalized spacial score (nSPS) is 25.5. The molecule has 0 saturated carbocycles. The van der Waals surface area contributed by atoms with Gasteiger partial charge in [0.05, 0.1) is 10.2 Å². The Morgan fingerprint density at radius 1 is 1.22 bits per heavy atom. The average Bonchev–Trinajstić information content (AvgIpc) is 2.56. The number of likely N-dealkylation sites (tertiary alicyclic amines) is 1. The van der Waals surface area contributed by atoms with Crippen LogP contribution in [0.1, 0.15) is 29.0 Å². The van der Waals surface area contributed by atoms with Gasteiger partial charge < -0.3 is 5.11 Å². The SMILES string of the molecule is Cc1ccc(C2(O)CCN(CI)CC2c2ccccc2F)cc1. The fraction of sp³-hybridized carbons (Fsp3) is 0.368. The van der Waals surface area contributed by atoms with Crippen molar-refractivity contribution in [1.29, 1.82) is 0 Å². The van der Waals surface area contributed by atoms with Gasteiger partial charge in [-0.1, -0.05) is 70.6 Å². The summed E-state index contributed by atoms with van der Waals surface area (Å²) in [5.41, 5.74) is 1.61. The van der Waals surface area contributed by atoms with Gasteiger partial charge in [0, 0.05) is 19.0 Å². The average molecular weight is 425 g/mol. The zero-order valence-electron chi connectivity index (χ0n) is 13.2. The number of piperidine rings is 1. The van der Waals surface area contributed by atoms with Crippen LogP contribution in [-0.4, -0.2) is 27.6 Å². The van der Waals surface area contributed by atoms with E-state index in [2.05, 4.69) is 27.5 Å². The van der Waals surface area contributed by atoms with Crippen LogP contribution in [0.5, 0.6) is 0 Å². The highest BCUT2D eigenvalue weighted by molar-refractivity contribution is 14.1. The van der Waals surface area contributed by atoms with Crippen molar-refractivity contribution >= 4 is 22.6 Å². The summed E-state index contributed by atoms with van der Waals surface area (Å²) >= 11 is 2.33. The molecule has 1 N–H and O–H groups in total. The highest BCUT2D eigenvalue weighted by atomic mass is 127. The molecule has 4 heteroatoms. The molecule has 0 aromatic heterocycles. The molecular weight excluding hydrogens is 404 g/mol. The molecule has 2 aromatic rings. The molecule has 122 valence electrons. The Kier molecular flexibility index (Phi) is 5.04. The van der Waals surface area contributed by atoms with E-state index in [4.69, 9.17) is 0 Å². The van der Waals surface area contributed by atoms with Crippen LogP contribution in [0.3, 0.4) is 0 Å². The number of rotatable bonds is 3. The third-order valence-corrected chi connectivity index (χ3v) is 5.79. The maximum absolute atomic E-state index is 14.4. The molecule has 1 aliphatic rings. The lowest BCUT2D eigenvalue weighted by atomic mass is 9.72. The molecule has 1 saturated heterocycles. The van der Waals surface area contributed by atoms with Gasteiger partial charge >= 0.3 is 0 Å². The Balaban J connectivity index is 2.05. The lowest BCUT2D eigenvalue weighted by Crippen LogP contribution is -2.48. The molecular formula is C19H21FINO. The highest BCUT2D eigenvalue weighted by Gasteiger charge is 2.44. The number of benzene rings is 2. The van der Waals surface area contributed by atoms with Crippen molar-refractivity contribution in [1.82, 2.24) is 4.90 Å². The molecule has 2 atom stereocenters. The predicted molar refractivity (Wildman–Crippen MR) is 99.3 cm³/mol. The minimum absolute atomic E-state index is 0.238. The van der Waals surface area contributed by atoms with E-state index in [9.17, 15) is 9.50 Å². The first-order chi connectivity index (χ1) is 11.0. The van der Waals surface area contributed by atoms with E-state index < -0.39 is 5.60 Å². The van der Waals surface area contributed by atoms with Crippen LogP contribution >= 0.6 is 22.6 Å². The fourth-order valence-electron chi connectivity index (χ4n) is 3.41. The maximum atomic E-state index is 14.4. The maximum Gasteiger partial charge on any atom is 0.126 e. The number of halogens is 2. The lowest BCUT2D eigenvalue weighted by Gasteiger charge is -2.45. The van der Waals surface area contributed by atoms with Crippen LogP contribution in [0, 0.1) is 12.7 Å². The van der Waals surface area contributed by atoms with Crippen molar-refractivity contribution in [3.05, 3.63) is 71.0 Å². The Morgan fingerprint density at radius 3 is 2.57 bits per heavy atom. The Morgan fingerprint density at radius 2 is 1.91 bits per heavy atom. The van der Waals surface area contributed by atoms with Crippen LogP contribution in [-0.2, 0) is 5.60 Å². The highest BCUT2D eigenvalue weighted by Crippen LogP contribution is 2.44. The Labute approximate surface area is 150 Å². The molecule has 0 amide bonds. The number of alkyl halides is 1. The van der Waals surface area contributed by atoms with Crippen molar-refractivity contribution in [2.45, 2.75) is 24.9 Å². The zero-order chi connectivity index (χ0) is 16.4. The van der Waals surface area contributed by atoms with Crippen LogP contribution in [0.15, 0.2) is 48.5 Å². The van der Waals surface area contributed by atoms with Crippen molar-refractivity contribution in [2.75, 3.05) is 17.6 Å². The number of hydrogen-bond acceptors (Lipinski definition) is 2. The van der Waals surface area contributed by atoms with Crippen molar-refractivity contribution in [2.24, 2.45) is 0 Å². The minimum Gasteiger partial charge on any atom is -0.384 e. The molecule has 0 radical (unpaired) electrons. The quantitative estimate of drug-likeness (QED) is 0.453. The summed E-state index contributed by atoms with van der Waals surface area (Å²) < 4.78 is 15.3. The Bertz CT molecular complexity index is 675. The molecule has 1 fully saturated rings. The van der Waals surface area contributed by atoms with Gasteiger partial charge in [-0.15, -0.1) is 0 Å². The molecule has 0 bridgehead atoms. The standard InChI is InChI=1S/C19H21FINO/c1-14-6-8-15(9-7-14)19(23)10-11-22(13-21)12-17(19)16-4-2-3-5-18(16)20/h2-9,17,23H,10-13H2,1H3. The second-order valence-electron chi connectivity index (χ2n) is 6.31. The van der Waals surface area contributed by atoms with Gasteiger partial charge in [0.25, 0.3) is 0 Å². The topological polar surface area (TPSA) is 23.5 Å². The number of aliphatic hydroxyl groups is 1. The van der Waals surface area contributed by atoms with E-state index in [1.54, 1.807) is 12.1 Å². The molecule has 2 nitrogen and oxygen atoms in total. The molecule has 1 aliphatic heterocycles. The monoisotopic (exact) mass is 425 g/mol. The molecule has 1 heterocycles. The fourth-order valence-corrected chi connectivity index (χ4v) is 4.03. The second kappa shape index (κ2) is 6.87. The van der Waals surface area contributed by atoms with E-state index in [1.807, 2.05) is 37.3 Å². The van der Waals surface area contributed by atoms with Gasteiger partial charge in [0.15, 0.2) is 0 Å². The van der Waals surface area contributed by atoms with E-state index in [0.717, 1.165) is 22.2 Å². The molecule has 3 rings (SSSR count). The van der Waals surface area contributed by atoms with Crippen molar-refractivity contribution in [3.8, 4) is 0 Å². The smallest absolute Gasteiger partial charge is 0.126 e. The second-order valence-corrected chi connectivity index (χ2v) is 6.99. The summed E-state index contributed by atoms with van der Waals surface area (Å²) in [7, 11) is 0. The lowest BCUT2D eigenvalue weighted by molar-refractivity contribution is -0.0434. The van der Waals surface area contributed by atoms with Crippen LogP contribution in [0.25, 0.3) is 0 Å². The molecule has 2 aromatic carbocycles. The first-order valence-corrected chi connectivity index (χ1v) is 9.39. The van der Waals surface area contributed by atoms with Crippen molar-refractivity contribution < 1.29 is 9.50 Å². The molecule has 0 spiro atoms. The summed E-state index contributed by atoms with van der Waals surface area (Å²) in [6.07, 6.45) is 0.609. The Hall–Kier alpha value is -0.980. The van der Waals surface area contributed by atoms with E-state index in [-0.39, 0.29) is 11.7 Å². The number of hydrogen-bond donors (Lipinski definition) is 1. The first kappa shape index (κ1) is 16.9. The van der Waals surface area contributed by atoms with Gasteiger partial charge in [-0.3, -0.25) is 4.90 Å². The number of aryl methyl sites for hydroxylation is 1. The summed E-state index contributed by atoms with van der Waals surface area (Å²) in [5.74, 6) is -0.506. The molecule has 0 aliphatic carbocycles. The van der Waals surface area contributed by atoms with Gasteiger partial charge in [0.1, 0.15) is 5.82 Å². The van der Waals surface area contributed by atoms with Gasteiger partial charge in [-0.2, -0.15) is 0 Å². The molecule has 2 unspecified atom stereocenters. The molecule has 23 heavy (non-hydrogen) atoms. The summed E-state index contributed by atoms with van der Waals surface area (Å²) in [5, 5.41) is 11.5. The van der Waals surface area contributed by atoms with Gasteiger partial charge in [-0.05, 0) is 30.5 Å². The van der Waals surface area contributed by atoms with E-state index in [1.165, 1.54) is 6.07 Å². The third-order valence-electron chi connectivity index (χ3n) is 4.83. The predicted octanol–water partition coefficient (Wildman–Crippen LogP) is 4.20. The van der Waals surface area contributed by atoms with Gasteiger partial charge in [0.2, 0.25) is 0 Å². The van der Waals surface area contributed by atoms with Crippen LogP contribution < -0.4 is 0 Å². The van der Waals surface area contributed by atoms with Crippen LogP contribution in [0.4, 0.5) is 4.39 Å². The summed E-state index contributed by atoms with van der Waals surface area (Å²) in [6, 6.07) is 14.8.